The van der Waals surface area contributed by atoms with Gasteiger partial charge < -0.3 is 4.90 Å². The number of unbranched alkanes of at least 4 members (excludes halogenated alkanes) is 1. The highest BCUT2D eigenvalue weighted by Crippen LogP contribution is 2.84. The van der Waals surface area contributed by atoms with Gasteiger partial charge in [0.1, 0.15) is 0 Å². The third kappa shape index (κ3) is 2.82. The number of likely N-dealkylation sites (tertiary alicyclic amines) is 1. The molecule has 0 aromatic carbocycles. The fourth-order valence-electron chi connectivity index (χ4n) is 8.88. The van der Waals surface area contributed by atoms with E-state index in [1.165, 1.54) is 6.42 Å². The minimum atomic E-state index is 0.126. The van der Waals surface area contributed by atoms with Gasteiger partial charge in [0.15, 0.2) is 0 Å². The Morgan fingerprint density at radius 2 is 1.34 bits per heavy atom. The van der Waals surface area contributed by atoms with Gasteiger partial charge in [0.2, 0.25) is 17.8 Å². The van der Waals surface area contributed by atoms with Crippen molar-refractivity contribution < 1.29 is 9.59 Å². The zero-order chi connectivity index (χ0) is 21.4. The first-order chi connectivity index (χ1) is 15.7. The average Bonchev–Trinajstić information content (AvgIpc) is 3.09. The Labute approximate surface area is 189 Å². The summed E-state index contributed by atoms with van der Waals surface area (Å²) in [7, 11) is 0. The van der Waals surface area contributed by atoms with E-state index in [4.69, 9.17) is 0 Å². The summed E-state index contributed by atoms with van der Waals surface area (Å²) in [5.41, 5.74) is 0. The van der Waals surface area contributed by atoms with Crippen molar-refractivity contribution in [1.29, 1.82) is 0 Å². The molecule has 7 nitrogen and oxygen atoms in total. The number of hydrogen-bond acceptors (Lipinski definition) is 6. The number of amides is 2. The first kappa shape index (κ1) is 19.4. The summed E-state index contributed by atoms with van der Waals surface area (Å²) in [5.74, 6) is 7.41. The highest BCUT2D eigenvalue weighted by molar-refractivity contribution is 5.96. The zero-order valence-electron chi connectivity index (χ0n) is 18.7. The molecule has 32 heavy (non-hydrogen) atoms. The SMILES string of the molecule is O=C1CC2C(CC(=O)N1CCCCN1CCN(c3ncccn3)CC1)C1C3CC4C(C23)C41. The van der Waals surface area contributed by atoms with Gasteiger partial charge in [-0.05, 0) is 79.2 Å². The van der Waals surface area contributed by atoms with E-state index in [1.807, 2.05) is 6.07 Å². The van der Waals surface area contributed by atoms with Crippen LogP contribution in [-0.4, -0.2) is 70.9 Å². The summed E-state index contributed by atoms with van der Waals surface area (Å²) in [6.45, 7) is 5.56. The molecule has 6 atom stereocenters. The van der Waals surface area contributed by atoms with Gasteiger partial charge in [0.05, 0.1) is 0 Å². The highest BCUT2D eigenvalue weighted by Gasteiger charge is 2.80. The molecule has 8 rings (SSSR count). The Kier molecular flexibility index (Phi) is 4.40. The third-order valence-electron chi connectivity index (χ3n) is 9.99. The molecule has 6 bridgehead atoms. The molecule has 7 aliphatic rings. The largest absolute Gasteiger partial charge is 0.338 e. The lowest BCUT2D eigenvalue weighted by molar-refractivity contribution is -0.144. The Hall–Kier alpha value is -2.02. The number of fused-ring (bicyclic) bond motifs is 1. The Balaban J connectivity index is 0.887. The monoisotopic (exact) mass is 435 g/mol. The molecule has 170 valence electrons. The van der Waals surface area contributed by atoms with E-state index in [9.17, 15) is 9.59 Å². The number of imide groups is 1. The summed E-state index contributed by atoms with van der Waals surface area (Å²) in [6.07, 6.45) is 8.24. The number of piperazine rings is 1. The summed E-state index contributed by atoms with van der Waals surface area (Å²) in [4.78, 5) is 41.1. The number of carbonyl (C=O) groups excluding carboxylic acids is 2. The van der Waals surface area contributed by atoms with Crippen molar-refractivity contribution in [2.75, 3.05) is 44.2 Å². The molecule has 0 spiro atoms. The van der Waals surface area contributed by atoms with Crippen LogP contribution in [0.2, 0.25) is 0 Å². The standard InChI is InChI=1S/C25H33N5O2/c31-19-13-15-16(22-17-12-18-23(21(15)17)24(18)22)14-20(32)30(19)7-2-1-6-28-8-10-29(11-9-28)25-26-4-3-5-27-25/h3-5,15-18,21-24H,1-2,6-14H2. The Morgan fingerprint density at radius 1 is 0.750 bits per heavy atom. The van der Waals surface area contributed by atoms with Gasteiger partial charge >= 0.3 is 0 Å². The first-order valence-electron chi connectivity index (χ1n) is 12.8. The quantitative estimate of drug-likeness (QED) is 0.502. The van der Waals surface area contributed by atoms with E-state index in [1.54, 1.807) is 17.3 Å². The lowest BCUT2D eigenvalue weighted by Crippen LogP contribution is -2.47. The molecule has 6 unspecified atom stereocenters. The van der Waals surface area contributed by atoms with E-state index in [2.05, 4.69) is 19.8 Å². The van der Waals surface area contributed by atoms with Gasteiger partial charge in [-0.1, -0.05) is 0 Å². The molecule has 2 saturated heterocycles. The van der Waals surface area contributed by atoms with E-state index < -0.39 is 0 Å². The normalized spacial score (nSPS) is 41.9. The number of carbonyl (C=O) groups is 2. The van der Waals surface area contributed by atoms with Crippen LogP contribution in [-0.2, 0) is 9.59 Å². The van der Waals surface area contributed by atoms with Crippen molar-refractivity contribution in [1.82, 2.24) is 19.8 Å². The number of nitrogens with zero attached hydrogens (tertiary/aromatic N) is 5. The van der Waals surface area contributed by atoms with Crippen LogP contribution in [0.3, 0.4) is 0 Å². The molecular formula is C25H33N5O2. The Bertz CT molecular complexity index is 878. The van der Waals surface area contributed by atoms with E-state index in [-0.39, 0.29) is 11.8 Å². The molecule has 5 saturated carbocycles. The van der Waals surface area contributed by atoms with Gasteiger partial charge in [-0.15, -0.1) is 0 Å². The van der Waals surface area contributed by atoms with Gasteiger partial charge in [0.25, 0.3) is 0 Å². The van der Waals surface area contributed by atoms with E-state index >= 15 is 0 Å². The maximum atomic E-state index is 13.0. The van der Waals surface area contributed by atoms with Crippen LogP contribution in [0.1, 0.15) is 32.1 Å². The molecular weight excluding hydrogens is 402 g/mol. The molecule has 0 radical (unpaired) electrons. The molecule has 1 aromatic rings. The average molecular weight is 436 g/mol. The summed E-state index contributed by atoms with van der Waals surface area (Å²) in [5, 5.41) is 0. The van der Waals surface area contributed by atoms with Gasteiger partial charge in [0, 0.05) is 58.0 Å². The number of anilines is 1. The molecule has 3 heterocycles. The molecule has 7 heteroatoms. The second-order valence-corrected chi connectivity index (χ2v) is 11.1. The first-order valence-corrected chi connectivity index (χ1v) is 12.8. The van der Waals surface area contributed by atoms with Crippen molar-refractivity contribution in [2.24, 2.45) is 47.3 Å². The molecule has 0 N–H and O–H groups in total. The van der Waals surface area contributed by atoms with Crippen LogP contribution in [0, 0.1) is 47.3 Å². The maximum absolute atomic E-state index is 13.0. The molecule has 7 fully saturated rings. The Morgan fingerprint density at radius 3 is 1.97 bits per heavy atom. The third-order valence-corrected chi connectivity index (χ3v) is 9.99. The summed E-state index contributed by atoms with van der Waals surface area (Å²) >= 11 is 0. The predicted molar refractivity (Wildman–Crippen MR) is 118 cm³/mol. The number of rotatable bonds is 6. The lowest BCUT2D eigenvalue weighted by Gasteiger charge is -2.34. The highest BCUT2D eigenvalue weighted by atomic mass is 16.2. The maximum Gasteiger partial charge on any atom is 0.229 e. The van der Waals surface area contributed by atoms with E-state index in [0.717, 1.165) is 87.0 Å². The fraction of sp³-hybridized carbons (Fsp3) is 0.760. The minimum absolute atomic E-state index is 0.126. The van der Waals surface area contributed by atoms with Crippen LogP contribution >= 0.6 is 0 Å². The second kappa shape index (κ2) is 7.24. The van der Waals surface area contributed by atoms with Crippen LogP contribution in [0.4, 0.5) is 5.95 Å². The summed E-state index contributed by atoms with van der Waals surface area (Å²) in [6, 6.07) is 1.85. The predicted octanol–water partition coefficient (Wildman–Crippen LogP) is 1.90. The zero-order valence-corrected chi connectivity index (χ0v) is 18.7. The van der Waals surface area contributed by atoms with Crippen LogP contribution in [0.25, 0.3) is 0 Å². The minimum Gasteiger partial charge on any atom is -0.338 e. The van der Waals surface area contributed by atoms with Gasteiger partial charge in [-0.25, -0.2) is 9.97 Å². The van der Waals surface area contributed by atoms with Crippen molar-refractivity contribution in [2.45, 2.75) is 32.1 Å². The topological polar surface area (TPSA) is 69.6 Å². The molecule has 2 amide bonds. The van der Waals surface area contributed by atoms with E-state index in [0.29, 0.717) is 31.2 Å². The van der Waals surface area contributed by atoms with Crippen molar-refractivity contribution in [3.8, 4) is 0 Å². The van der Waals surface area contributed by atoms with Crippen LogP contribution in [0.15, 0.2) is 18.5 Å². The summed E-state index contributed by atoms with van der Waals surface area (Å²) < 4.78 is 0. The lowest BCUT2D eigenvalue weighted by atomic mass is 9.76. The second-order valence-electron chi connectivity index (χ2n) is 11.1. The van der Waals surface area contributed by atoms with Gasteiger partial charge in [-0.2, -0.15) is 0 Å². The smallest absolute Gasteiger partial charge is 0.229 e. The van der Waals surface area contributed by atoms with Gasteiger partial charge in [-0.3, -0.25) is 19.4 Å². The van der Waals surface area contributed by atoms with Crippen molar-refractivity contribution >= 4 is 17.8 Å². The fourth-order valence-corrected chi connectivity index (χ4v) is 8.88. The molecule has 1 aromatic heterocycles. The van der Waals surface area contributed by atoms with Crippen LogP contribution in [0.5, 0.6) is 0 Å². The van der Waals surface area contributed by atoms with Crippen molar-refractivity contribution in [3.05, 3.63) is 18.5 Å². The molecule has 2 aliphatic heterocycles. The van der Waals surface area contributed by atoms with Crippen LogP contribution < -0.4 is 4.90 Å². The number of hydrogen-bond donors (Lipinski definition) is 0. The van der Waals surface area contributed by atoms with Crippen molar-refractivity contribution in [3.63, 3.8) is 0 Å². The number of aromatic nitrogens is 2. The molecule has 5 aliphatic carbocycles.